The molecule has 0 aliphatic heterocycles. The molecule has 0 atom stereocenters. The van der Waals surface area contributed by atoms with Gasteiger partial charge in [0, 0.05) is 64.6 Å². The summed E-state index contributed by atoms with van der Waals surface area (Å²) in [7, 11) is 0. The van der Waals surface area contributed by atoms with Crippen LogP contribution in [0.5, 0.6) is 11.5 Å². The molecule has 200 valence electrons. The summed E-state index contributed by atoms with van der Waals surface area (Å²) in [6.07, 6.45) is 13.6. The van der Waals surface area contributed by atoms with Crippen LogP contribution in [0, 0.1) is 44.9 Å². The molecule has 4 aromatic carbocycles. The van der Waals surface area contributed by atoms with E-state index >= 15 is 0 Å². The molecule has 0 radical (unpaired) electrons. The first-order valence-electron chi connectivity index (χ1n) is 11.7. The summed E-state index contributed by atoms with van der Waals surface area (Å²) in [5, 5.41) is 22.6. The van der Waals surface area contributed by atoms with Gasteiger partial charge in [0.05, 0.1) is 21.2 Å². The van der Waals surface area contributed by atoms with E-state index in [0.717, 1.165) is 0 Å². The molecule has 1 N–H and O–H groups in total. The van der Waals surface area contributed by atoms with Gasteiger partial charge in [0.2, 0.25) is 0 Å². The average molecular weight is 546 g/mol. The molecule has 11 nitrogen and oxygen atoms in total. The zero-order valence-corrected chi connectivity index (χ0v) is 21.1. The second kappa shape index (κ2) is 13.0. The molecule has 11 heteroatoms. The molecule has 0 unspecified atom stereocenters. The Balaban J connectivity index is 1.56. The lowest BCUT2D eigenvalue weighted by Gasteiger charge is -2.11. The third-order valence-electron chi connectivity index (χ3n) is 5.44. The van der Waals surface area contributed by atoms with Gasteiger partial charge in [-0.05, 0) is 48.5 Å². The Morgan fingerprint density at radius 2 is 1.12 bits per heavy atom. The number of rotatable bonds is 10. The fourth-order valence-electron chi connectivity index (χ4n) is 3.44. The van der Waals surface area contributed by atoms with Crippen LogP contribution < -0.4 is 15.3 Å². The maximum atomic E-state index is 11.3. The fraction of sp³-hybridized carbons (Fsp3) is 0. The lowest BCUT2D eigenvalue weighted by atomic mass is 10.2. The van der Waals surface area contributed by atoms with E-state index in [0.29, 0.717) is 22.5 Å². The third kappa shape index (κ3) is 7.39. The van der Waals surface area contributed by atoms with Crippen molar-refractivity contribution in [3.8, 4) is 36.2 Å². The van der Waals surface area contributed by atoms with Crippen LogP contribution in [-0.2, 0) is 0 Å². The molecule has 0 saturated carbocycles. The van der Waals surface area contributed by atoms with Crippen molar-refractivity contribution in [1.29, 1.82) is 0 Å². The predicted molar refractivity (Wildman–Crippen MR) is 154 cm³/mol. The Kier molecular flexibility index (Phi) is 8.77. The molecule has 0 heterocycles. The molecule has 0 aliphatic carbocycles. The number of non-ortho nitro benzene ring substituents is 2. The van der Waals surface area contributed by atoms with Gasteiger partial charge >= 0.3 is 0 Å². The van der Waals surface area contributed by atoms with Crippen LogP contribution >= 0.6 is 0 Å². The highest BCUT2D eigenvalue weighted by atomic mass is 16.9. The van der Waals surface area contributed by atoms with Crippen molar-refractivity contribution in [2.75, 3.05) is 0 Å². The van der Waals surface area contributed by atoms with Gasteiger partial charge in [0.15, 0.2) is 11.5 Å². The van der Waals surface area contributed by atoms with E-state index in [9.17, 15) is 20.2 Å². The SMILES string of the molecule is C#Cc1cccc(/N=C/c2cc([N+](=O)[O-])ccc2ONOc2ccc([N+](=O)[O-])cc2/C=N/c2cccc(C#C)c2)c1. The summed E-state index contributed by atoms with van der Waals surface area (Å²) in [6.45, 7) is 0. The molecule has 0 aliphatic rings. The summed E-state index contributed by atoms with van der Waals surface area (Å²) in [5.41, 5.74) is 4.79. The maximum absolute atomic E-state index is 11.3. The summed E-state index contributed by atoms with van der Waals surface area (Å²) < 4.78 is 0. The van der Waals surface area contributed by atoms with Crippen LogP contribution in [-0.4, -0.2) is 22.3 Å². The number of nitro benzene ring substituents is 2. The van der Waals surface area contributed by atoms with Crippen LogP contribution in [0.1, 0.15) is 22.3 Å². The van der Waals surface area contributed by atoms with Crippen molar-refractivity contribution < 1.29 is 19.5 Å². The minimum atomic E-state index is -0.550. The van der Waals surface area contributed by atoms with Gasteiger partial charge in [-0.1, -0.05) is 24.0 Å². The quantitative estimate of drug-likeness (QED) is 0.114. The maximum Gasteiger partial charge on any atom is 0.270 e. The van der Waals surface area contributed by atoms with Crippen molar-refractivity contribution in [2.24, 2.45) is 9.98 Å². The lowest BCUT2D eigenvalue weighted by molar-refractivity contribution is -0.385. The number of benzene rings is 4. The summed E-state index contributed by atoms with van der Waals surface area (Å²) in [4.78, 5) is 41.2. The smallest absolute Gasteiger partial charge is 0.270 e. The molecule has 0 spiro atoms. The van der Waals surface area contributed by atoms with E-state index in [4.69, 9.17) is 22.5 Å². The molecule has 4 aromatic rings. The largest absolute Gasteiger partial charge is 0.373 e. The second-order valence-electron chi connectivity index (χ2n) is 8.15. The summed E-state index contributed by atoms with van der Waals surface area (Å²) in [5.74, 6) is 5.32. The molecule has 41 heavy (non-hydrogen) atoms. The lowest BCUT2D eigenvalue weighted by Crippen LogP contribution is -2.24. The Morgan fingerprint density at radius 1 is 0.683 bits per heavy atom. The first kappa shape index (κ1) is 27.7. The van der Waals surface area contributed by atoms with Crippen LogP contribution in [0.25, 0.3) is 0 Å². The Morgan fingerprint density at radius 3 is 1.51 bits per heavy atom. The van der Waals surface area contributed by atoms with E-state index in [2.05, 4.69) is 27.5 Å². The summed E-state index contributed by atoms with van der Waals surface area (Å²) in [6, 6.07) is 21.5. The van der Waals surface area contributed by atoms with Crippen molar-refractivity contribution in [3.63, 3.8) is 0 Å². The van der Waals surface area contributed by atoms with Gasteiger partial charge < -0.3 is 9.68 Å². The Bertz CT molecular complexity index is 1640. The van der Waals surface area contributed by atoms with Crippen LogP contribution in [0.2, 0.25) is 0 Å². The monoisotopic (exact) mass is 545 g/mol. The Labute approximate surface area is 234 Å². The van der Waals surface area contributed by atoms with E-state index in [-0.39, 0.29) is 34.0 Å². The van der Waals surface area contributed by atoms with Crippen LogP contribution in [0.15, 0.2) is 94.9 Å². The predicted octanol–water partition coefficient (Wildman–Crippen LogP) is 5.84. The molecule has 0 bridgehead atoms. The van der Waals surface area contributed by atoms with E-state index < -0.39 is 9.85 Å². The van der Waals surface area contributed by atoms with Gasteiger partial charge in [-0.3, -0.25) is 30.2 Å². The van der Waals surface area contributed by atoms with Crippen molar-refractivity contribution in [3.05, 3.63) is 127 Å². The number of nitrogens with one attached hydrogen (secondary N) is 1. The number of aliphatic imine (C=N–C) groups is 2. The number of nitro groups is 2. The van der Waals surface area contributed by atoms with Crippen LogP contribution in [0.4, 0.5) is 22.7 Å². The fourth-order valence-corrected chi connectivity index (χ4v) is 3.44. The standard InChI is InChI=1S/C30H19N5O6/c1-3-21-7-5-9-25(15-21)31-19-23-17-27(34(36)37)11-13-29(23)40-33-41-30-14-12-28(35(38)39)18-24(30)20-32-26-10-6-8-22(4-2)16-26/h1-2,5-20,33H/b31-19+,32-20+. The zero-order chi connectivity index (χ0) is 29.2. The molecular formula is C30H19N5O6. The van der Waals surface area contributed by atoms with Crippen LogP contribution in [0.3, 0.4) is 0 Å². The minimum Gasteiger partial charge on any atom is -0.373 e. The number of hydrogen-bond donors (Lipinski definition) is 1. The average Bonchev–Trinajstić information content (AvgIpc) is 2.99. The second-order valence-corrected chi connectivity index (χ2v) is 8.15. The highest BCUT2D eigenvalue weighted by Gasteiger charge is 2.14. The first-order chi connectivity index (χ1) is 19.9. The van der Waals surface area contributed by atoms with Crippen molar-refractivity contribution in [1.82, 2.24) is 5.64 Å². The zero-order valence-electron chi connectivity index (χ0n) is 21.1. The van der Waals surface area contributed by atoms with E-state index in [1.807, 2.05) is 0 Å². The number of nitrogens with zero attached hydrogens (tertiary/aromatic N) is 4. The van der Waals surface area contributed by atoms with Gasteiger partial charge in [0.1, 0.15) is 0 Å². The number of hydrogen-bond acceptors (Lipinski definition) is 9. The van der Waals surface area contributed by atoms with Gasteiger partial charge in [0.25, 0.3) is 11.4 Å². The number of terminal acetylenes is 2. The Hall–Kier alpha value is -6.30. The summed E-state index contributed by atoms with van der Waals surface area (Å²) >= 11 is 0. The minimum absolute atomic E-state index is 0.149. The third-order valence-corrected chi connectivity index (χ3v) is 5.44. The van der Waals surface area contributed by atoms with Crippen molar-refractivity contribution in [2.45, 2.75) is 0 Å². The molecule has 0 saturated heterocycles. The van der Waals surface area contributed by atoms with E-state index in [1.165, 1.54) is 48.8 Å². The van der Waals surface area contributed by atoms with Crippen molar-refractivity contribution >= 4 is 35.2 Å². The first-order valence-corrected chi connectivity index (χ1v) is 11.7. The topological polar surface area (TPSA) is 141 Å². The molecule has 0 amide bonds. The normalized spacial score (nSPS) is 10.7. The van der Waals surface area contributed by atoms with Gasteiger partial charge in [-0.25, -0.2) is 0 Å². The molecule has 0 aromatic heterocycles. The molecule has 4 rings (SSSR count). The molecular weight excluding hydrogens is 526 g/mol. The molecule has 0 fully saturated rings. The van der Waals surface area contributed by atoms with Gasteiger partial charge in [-0.2, -0.15) is 0 Å². The van der Waals surface area contributed by atoms with E-state index in [1.54, 1.807) is 48.5 Å². The highest BCUT2D eigenvalue weighted by molar-refractivity contribution is 5.87. The van der Waals surface area contributed by atoms with Gasteiger partial charge in [-0.15, -0.1) is 12.8 Å². The highest BCUT2D eigenvalue weighted by Crippen LogP contribution is 2.26.